The van der Waals surface area contributed by atoms with E-state index in [9.17, 15) is 55.5 Å². The average molecular weight is 1090 g/mol. The Morgan fingerprint density at radius 2 is 1.35 bits per heavy atom. The van der Waals surface area contributed by atoms with E-state index in [1.54, 1.807) is 12.1 Å². The summed E-state index contributed by atoms with van der Waals surface area (Å²) >= 11 is 0. The Balaban J connectivity index is 0.854. The first-order valence-electron chi connectivity index (χ1n) is 27.5. The van der Waals surface area contributed by atoms with Crippen molar-refractivity contribution >= 4 is 11.9 Å². The first-order chi connectivity index (χ1) is 36.3. The van der Waals surface area contributed by atoms with Gasteiger partial charge in [0.05, 0.1) is 58.2 Å². The van der Waals surface area contributed by atoms with Crippen molar-refractivity contribution in [1.82, 2.24) is 0 Å². The topological polar surface area (TPSA) is 309 Å². The second kappa shape index (κ2) is 20.3. The summed E-state index contributed by atoms with van der Waals surface area (Å²) in [5, 5.41) is 97.1. The summed E-state index contributed by atoms with van der Waals surface area (Å²) in [6.07, 6.45) is -12.4. The molecule has 21 heteroatoms. The number of methoxy groups -OCH3 is 3. The fourth-order valence-electron chi connectivity index (χ4n) is 17.0. The first-order valence-corrected chi connectivity index (χ1v) is 27.5. The highest BCUT2D eigenvalue weighted by Gasteiger charge is 2.79. The monoisotopic (exact) mass is 1090 g/mol. The van der Waals surface area contributed by atoms with Crippen molar-refractivity contribution in [3.63, 3.8) is 0 Å². The summed E-state index contributed by atoms with van der Waals surface area (Å²) in [6, 6.07) is 3.09. The molecule has 8 fully saturated rings. The number of aliphatic hydroxyl groups is 8. The van der Waals surface area contributed by atoms with Gasteiger partial charge in [-0.15, -0.1) is 0 Å². The molecule has 1 aromatic carbocycles. The fourth-order valence-corrected chi connectivity index (χ4v) is 17.0. The summed E-state index contributed by atoms with van der Waals surface area (Å²) < 4.78 is 58.8. The van der Waals surface area contributed by atoms with Crippen LogP contribution in [0.15, 0.2) is 23.8 Å². The molecular weight excluding hydrogens is 1010 g/mol. The van der Waals surface area contributed by atoms with Gasteiger partial charge < -0.3 is 93.3 Å². The Labute approximate surface area is 449 Å². The van der Waals surface area contributed by atoms with Gasteiger partial charge in [-0.1, -0.05) is 53.2 Å². The van der Waals surface area contributed by atoms with Crippen LogP contribution in [0.2, 0.25) is 0 Å². The molecule has 3 aliphatic heterocycles. The van der Waals surface area contributed by atoms with Crippen LogP contribution >= 0.6 is 0 Å². The molecule has 9 aliphatic rings. The van der Waals surface area contributed by atoms with Gasteiger partial charge in [-0.2, -0.15) is 0 Å². The Morgan fingerprint density at radius 1 is 0.688 bits per heavy atom. The lowest BCUT2D eigenvalue weighted by Gasteiger charge is -2.69. The van der Waals surface area contributed by atoms with Gasteiger partial charge in [-0.05, 0) is 103 Å². The lowest BCUT2D eigenvalue weighted by atomic mass is 9.36. The Bertz CT molecular complexity index is 2390. The Morgan fingerprint density at radius 3 is 2.00 bits per heavy atom. The van der Waals surface area contributed by atoms with Crippen LogP contribution in [0.3, 0.4) is 0 Å². The number of allylic oxidation sites excluding steroid dienone is 2. The van der Waals surface area contributed by atoms with Crippen molar-refractivity contribution in [1.29, 1.82) is 0 Å². The number of carboxylic acids is 1. The minimum Gasteiger partial charge on any atom is -0.493 e. The summed E-state index contributed by atoms with van der Waals surface area (Å²) in [4.78, 5) is 27.9. The highest BCUT2D eigenvalue weighted by Crippen LogP contribution is 2.85. The van der Waals surface area contributed by atoms with Crippen LogP contribution in [0.25, 0.3) is 0 Å². The van der Waals surface area contributed by atoms with Crippen LogP contribution in [-0.4, -0.2) is 191 Å². The van der Waals surface area contributed by atoms with Gasteiger partial charge in [-0.25, -0.2) is 4.79 Å². The number of carboxylic acid groups (broad SMARTS) is 1. The fraction of sp³-hybridized carbons (Fsp3) is 0.821. The average Bonchev–Trinajstić information content (AvgIpc) is 4.28. The molecule has 3 saturated heterocycles. The van der Waals surface area contributed by atoms with Crippen LogP contribution in [-0.2, 0) is 38.0 Å². The van der Waals surface area contributed by atoms with E-state index < -0.39 is 134 Å². The van der Waals surface area contributed by atoms with Gasteiger partial charge in [0.2, 0.25) is 5.75 Å². The van der Waals surface area contributed by atoms with Crippen molar-refractivity contribution in [3.05, 3.63) is 29.3 Å². The molecule has 1 aromatic rings. The number of aliphatic hydroxyl groups excluding tert-OH is 8. The number of benzene rings is 1. The molecule has 1 unspecified atom stereocenters. The van der Waals surface area contributed by atoms with Crippen molar-refractivity contribution < 1.29 is 103 Å². The largest absolute Gasteiger partial charge is 0.493 e. The second-order valence-corrected chi connectivity index (χ2v) is 25.7. The van der Waals surface area contributed by atoms with Gasteiger partial charge in [0.15, 0.2) is 30.4 Å². The molecule has 5 saturated carbocycles. The molecule has 0 amide bonds. The number of fused-ring (bicyclic) bond motifs is 5. The number of carbonyl (C=O) groups excluding carboxylic acids is 1. The number of ether oxygens (including phenoxy) is 10. The van der Waals surface area contributed by atoms with E-state index in [1.807, 2.05) is 0 Å². The molecular formula is C56H82O21. The number of rotatable bonds is 13. The molecule has 21 nitrogen and oxygen atoms in total. The number of hydrogen-bond acceptors (Lipinski definition) is 20. The minimum absolute atomic E-state index is 0.135. The van der Waals surface area contributed by atoms with Crippen LogP contribution < -0.4 is 14.2 Å². The van der Waals surface area contributed by atoms with E-state index in [4.69, 9.17) is 47.4 Å². The Hall–Kier alpha value is -3.26. The van der Waals surface area contributed by atoms with Gasteiger partial charge in [0.25, 0.3) is 0 Å². The number of esters is 1. The lowest BCUT2D eigenvalue weighted by molar-refractivity contribution is -0.377. The summed E-state index contributed by atoms with van der Waals surface area (Å²) in [5.74, 6) is -0.201. The van der Waals surface area contributed by atoms with Crippen LogP contribution in [0.1, 0.15) is 110 Å². The molecule has 0 radical (unpaired) electrons. The van der Waals surface area contributed by atoms with Crippen molar-refractivity contribution in [2.75, 3.05) is 41.2 Å². The van der Waals surface area contributed by atoms with E-state index in [0.29, 0.717) is 36.5 Å². The zero-order valence-corrected chi connectivity index (χ0v) is 45.6. The molecule has 0 bridgehead atoms. The summed E-state index contributed by atoms with van der Waals surface area (Å²) in [6.45, 7) is 12.0. The second-order valence-electron chi connectivity index (χ2n) is 25.7. The normalized spacial score (nSPS) is 47.5. The van der Waals surface area contributed by atoms with E-state index >= 15 is 0 Å². The molecule has 0 aromatic heterocycles. The maximum Gasteiger partial charge on any atom is 0.338 e. The maximum absolute atomic E-state index is 14.0. The van der Waals surface area contributed by atoms with E-state index in [1.165, 1.54) is 26.9 Å². The third kappa shape index (κ3) is 8.86. The van der Waals surface area contributed by atoms with Gasteiger partial charge >= 0.3 is 11.9 Å². The third-order valence-electron chi connectivity index (χ3n) is 21.2. The van der Waals surface area contributed by atoms with Crippen molar-refractivity contribution in [3.8, 4) is 17.2 Å². The quantitative estimate of drug-likeness (QED) is 0.0778. The predicted octanol–water partition coefficient (Wildman–Crippen LogP) is 2.46. The molecule has 23 atom stereocenters. The van der Waals surface area contributed by atoms with Crippen LogP contribution in [0.5, 0.6) is 17.2 Å². The molecule has 3 heterocycles. The maximum atomic E-state index is 14.0. The highest BCUT2D eigenvalue weighted by molar-refractivity contribution is 5.91. The van der Waals surface area contributed by atoms with Crippen LogP contribution in [0, 0.1) is 56.2 Å². The Kier molecular flexibility index (Phi) is 15.0. The first kappa shape index (κ1) is 57.0. The molecule has 9 N–H and O–H groups in total. The van der Waals surface area contributed by atoms with Gasteiger partial charge in [-0.3, -0.25) is 4.79 Å². The van der Waals surface area contributed by atoms with Gasteiger partial charge in [0, 0.05) is 17.3 Å². The molecule has 77 heavy (non-hydrogen) atoms. The molecule has 1 spiro atoms. The van der Waals surface area contributed by atoms with E-state index in [2.05, 4.69) is 47.6 Å². The molecule has 6 aliphatic carbocycles. The zero-order valence-electron chi connectivity index (χ0n) is 45.6. The smallest absolute Gasteiger partial charge is 0.338 e. The standard InChI is InChI=1S/C56H82O21/c1-51(2)20-28-27-10-11-35-53(5)14-13-36(76-49-45(41(62)39(60)32(22-57)73-49)77-48-43(64)40(61)33(24-72-48)74-47-42(63)38(59)29(58)23-71-47)52(3,4)34(53)12-15-54(35,6)56(27)19-26(56)18-55(28,50(66)67)21-37(51)75-46(65)25-16-30(68-7)44(70-9)31(17-25)69-8/h10,16-17,26,28-29,32-43,45,47-49,57-64H,11-15,18-24H2,1-9H3,(H,66,67)/t26?,28-,29+,32+,33+,34-,35+,36-,37-,38-,39+,40-,41-,42+,43+,45+,47-,48-,49-,53-,54+,55+,56+/m0/s1. The highest BCUT2D eigenvalue weighted by atomic mass is 16.8. The molecule has 10 rings (SSSR count). The number of hydrogen-bond donors (Lipinski definition) is 9. The zero-order chi connectivity index (χ0) is 55.7. The summed E-state index contributed by atoms with van der Waals surface area (Å²) in [5.41, 5.74) is -1.18. The predicted molar refractivity (Wildman–Crippen MR) is 267 cm³/mol. The van der Waals surface area contributed by atoms with Crippen LogP contribution in [0.4, 0.5) is 0 Å². The SMILES string of the molecule is COc1cc(C(=O)O[C@H]2C[C@]3(C(=O)O)CC4C[C@]45C(=CC[C@@H]4[C@@]6(C)CC[C@H](O[C@@H]7O[C@H](CO)[C@@H](O)[C@H](O)[C@H]7O[C@@H]7OC[C@@H](O[C@@H]8OC[C@@H](O)[C@H](O)[C@H]8O)[C@H](O)[C@H]7O)C(C)(C)[C@@H]6CC[C@]45C)[C@@H]3CC2(C)C)cc(OC)c1OC. The third-order valence-corrected chi connectivity index (χ3v) is 21.2. The minimum atomic E-state index is -1.79. The van der Waals surface area contributed by atoms with Crippen molar-refractivity contribution in [2.24, 2.45) is 56.2 Å². The number of carbonyl (C=O) groups is 2. The van der Waals surface area contributed by atoms with Gasteiger partial charge in [0.1, 0.15) is 67.1 Å². The number of aliphatic carboxylic acids is 1. The van der Waals surface area contributed by atoms with E-state index in [-0.39, 0.29) is 58.5 Å². The molecule has 432 valence electrons. The lowest BCUT2D eigenvalue weighted by Crippen LogP contribution is -2.66. The van der Waals surface area contributed by atoms with Crippen molar-refractivity contribution in [2.45, 2.75) is 191 Å². The summed E-state index contributed by atoms with van der Waals surface area (Å²) in [7, 11) is 4.42. The van der Waals surface area contributed by atoms with E-state index in [0.717, 1.165) is 32.1 Å².